The number of rotatable bonds is 1. The first-order valence-electron chi connectivity index (χ1n) is 1.53. The van der Waals surface area contributed by atoms with Crippen molar-refractivity contribution in [3.05, 3.63) is 0 Å². The molecule has 0 fully saturated rings. The van der Waals surface area contributed by atoms with Crippen LogP contribution in [0.1, 0.15) is 0 Å². The summed E-state index contributed by atoms with van der Waals surface area (Å²) in [5.41, 5.74) is 0. The molecule has 0 aromatic heterocycles. The minimum absolute atomic E-state index is 0.207. The van der Waals surface area contributed by atoms with Gasteiger partial charge in [-0.3, -0.25) is 5.41 Å². The summed E-state index contributed by atoms with van der Waals surface area (Å²) in [6.07, 6.45) is 0. The summed E-state index contributed by atoms with van der Waals surface area (Å²) in [7, 11) is 1.46. The van der Waals surface area contributed by atoms with E-state index in [1.165, 1.54) is 7.11 Å². The average Bonchev–Trinajstić information content (AvgIpc) is 1.65. The van der Waals surface area contributed by atoms with Gasteiger partial charge in [-0.2, -0.15) is 12.6 Å². The number of thiol groups is 1. The highest BCUT2D eigenvalue weighted by Crippen LogP contribution is 1.75. The van der Waals surface area contributed by atoms with Crippen LogP contribution in [0.15, 0.2) is 0 Å². The smallest absolute Gasteiger partial charge is 0.190 e. The summed E-state index contributed by atoms with van der Waals surface area (Å²) >= 11 is 3.75. The Morgan fingerprint density at radius 1 is 2.00 bits per heavy atom. The van der Waals surface area contributed by atoms with E-state index in [2.05, 4.69) is 17.4 Å². The van der Waals surface area contributed by atoms with Crippen molar-refractivity contribution in [1.82, 2.24) is 0 Å². The van der Waals surface area contributed by atoms with E-state index in [4.69, 9.17) is 5.41 Å². The highest BCUT2D eigenvalue weighted by atomic mass is 32.1. The van der Waals surface area contributed by atoms with Crippen molar-refractivity contribution in [3.8, 4) is 0 Å². The Morgan fingerprint density at radius 2 is 2.50 bits per heavy atom. The number of methoxy groups -OCH3 is 1. The molecule has 0 heterocycles. The van der Waals surface area contributed by atoms with Crippen LogP contribution in [0, 0.1) is 5.41 Å². The molecule has 0 unspecified atom stereocenters. The third-order valence-electron chi connectivity index (χ3n) is 0.390. The van der Waals surface area contributed by atoms with Crippen LogP contribution in [0.25, 0.3) is 0 Å². The van der Waals surface area contributed by atoms with Crippen LogP contribution in [0.5, 0.6) is 0 Å². The maximum absolute atomic E-state index is 6.69. The van der Waals surface area contributed by atoms with Crippen LogP contribution in [0.2, 0.25) is 0 Å². The number of hydrogen-bond acceptors (Lipinski definition) is 3. The summed E-state index contributed by atoms with van der Waals surface area (Å²) < 4.78 is 4.41. The minimum atomic E-state index is 0.207. The first kappa shape index (κ1) is 5.82. The minimum Gasteiger partial charge on any atom is -0.484 e. The topological polar surface area (TPSA) is 33.1 Å². The molecule has 1 N–H and O–H groups in total. The molecule has 0 atom stereocenters. The van der Waals surface area contributed by atoms with Gasteiger partial charge >= 0.3 is 0 Å². The van der Waals surface area contributed by atoms with Crippen LogP contribution in [-0.2, 0) is 4.74 Å². The standard InChI is InChI=1S/C3H7NOS/c1-5-3(4)2-6/h4,6H,2H2,1H3. The molecule has 0 aromatic rings. The molecule has 0 spiro atoms. The van der Waals surface area contributed by atoms with Crippen LogP contribution < -0.4 is 0 Å². The Hall–Kier alpha value is -0.180. The molecule has 0 aliphatic heterocycles. The van der Waals surface area contributed by atoms with E-state index in [-0.39, 0.29) is 5.90 Å². The fourth-order valence-corrected chi connectivity index (χ4v) is 0.194. The van der Waals surface area contributed by atoms with Crippen LogP contribution in [-0.4, -0.2) is 18.8 Å². The predicted molar refractivity (Wildman–Crippen MR) is 28.6 cm³/mol. The predicted octanol–water partition coefficient (Wildman–Crippen LogP) is 0.540. The second kappa shape index (κ2) is 3.03. The van der Waals surface area contributed by atoms with Crippen molar-refractivity contribution < 1.29 is 4.74 Å². The summed E-state index contributed by atoms with van der Waals surface area (Å²) in [6, 6.07) is 0. The lowest BCUT2D eigenvalue weighted by Gasteiger charge is -1.91. The second-order valence-electron chi connectivity index (χ2n) is 0.785. The lowest BCUT2D eigenvalue weighted by molar-refractivity contribution is 0.397. The van der Waals surface area contributed by atoms with E-state index in [1.807, 2.05) is 0 Å². The largest absolute Gasteiger partial charge is 0.484 e. The zero-order valence-electron chi connectivity index (χ0n) is 3.56. The van der Waals surface area contributed by atoms with Crippen molar-refractivity contribution in [1.29, 1.82) is 5.41 Å². The molecule has 0 saturated carbocycles. The summed E-state index contributed by atoms with van der Waals surface area (Å²) in [4.78, 5) is 0. The van der Waals surface area contributed by atoms with Gasteiger partial charge in [0.1, 0.15) is 0 Å². The third-order valence-corrected chi connectivity index (χ3v) is 0.677. The van der Waals surface area contributed by atoms with Crippen LogP contribution in [0.4, 0.5) is 0 Å². The summed E-state index contributed by atoms with van der Waals surface area (Å²) in [6.45, 7) is 0. The van der Waals surface area contributed by atoms with Crippen molar-refractivity contribution >= 4 is 18.5 Å². The normalized spacial score (nSPS) is 7.67. The Labute approximate surface area is 42.4 Å². The molecule has 6 heavy (non-hydrogen) atoms. The Morgan fingerprint density at radius 3 is 2.50 bits per heavy atom. The summed E-state index contributed by atoms with van der Waals surface area (Å²) in [5, 5.41) is 6.69. The molecule has 0 aliphatic carbocycles. The molecule has 0 saturated heterocycles. The highest BCUT2D eigenvalue weighted by Gasteiger charge is 1.82. The number of nitrogens with one attached hydrogen (secondary N) is 1. The van der Waals surface area contributed by atoms with Gasteiger partial charge in [0.05, 0.1) is 12.9 Å². The quantitative estimate of drug-likeness (QED) is 0.285. The van der Waals surface area contributed by atoms with E-state index in [0.29, 0.717) is 5.75 Å². The van der Waals surface area contributed by atoms with Gasteiger partial charge in [-0.25, -0.2) is 0 Å². The van der Waals surface area contributed by atoms with Gasteiger partial charge in [-0.15, -0.1) is 0 Å². The van der Waals surface area contributed by atoms with Gasteiger partial charge < -0.3 is 4.74 Å². The third kappa shape index (κ3) is 2.08. The van der Waals surface area contributed by atoms with E-state index >= 15 is 0 Å². The maximum Gasteiger partial charge on any atom is 0.190 e. The van der Waals surface area contributed by atoms with E-state index in [0.717, 1.165) is 0 Å². The summed E-state index contributed by atoms with van der Waals surface area (Å²) in [5.74, 6) is 0.592. The van der Waals surface area contributed by atoms with Gasteiger partial charge in [-0.1, -0.05) is 0 Å². The van der Waals surface area contributed by atoms with Gasteiger partial charge in [0.25, 0.3) is 0 Å². The molecule has 0 bridgehead atoms. The Kier molecular flexibility index (Phi) is 2.94. The van der Waals surface area contributed by atoms with Crippen molar-refractivity contribution in [2.75, 3.05) is 12.9 Å². The Balaban J connectivity index is 2.99. The maximum atomic E-state index is 6.69. The second-order valence-corrected chi connectivity index (χ2v) is 1.10. The zero-order valence-corrected chi connectivity index (χ0v) is 4.46. The molecule has 3 heteroatoms. The average molecular weight is 105 g/mol. The molecular formula is C3H7NOS. The molecule has 0 aromatic carbocycles. The van der Waals surface area contributed by atoms with Gasteiger partial charge in [0.15, 0.2) is 5.90 Å². The van der Waals surface area contributed by atoms with E-state index in [1.54, 1.807) is 0 Å². The number of ether oxygens (including phenoxy) is 1. The lowest BCUT2D eigenvalue weighted by atomic mass is 10.8. The van der Waals surface area contributed by atoms with Crippen molar-refractivity contribution in [2.24, 2.45) is 0 Å². The molecule has 36 valence electrons. The molecule has 0 rings (SSSR count). The zero-order chi connectivity index (χ0) is 4.99. The lowest BCUT2D eigenvalue weighted by Crippen LogP contribution is -1.98. The number of hydrogen-bond donors (Lipinski definition) is 2. The van der Waals surface area contributed by atoms with Gasteiger partial charge in [0.2, 0.25) is 0 Å². The first-order valence-corrected chi connectivity index (χ1v) is 2.16. The van der Waals surface area contributed by atoms with Crippen molar-refractivity contribution in [3.63, 3.8) is 0 Å². The first-order chi connectivity index (χ1) is 2.81. The van der Waals surface area contributed by atoms with E-state index in [9.17, 15) is 0 Å². The Bertz CT molecular complexity index is 48.8. The molecule has 0 amide bonds. The van der Waals surface area contributed by atoms with Crippen LogP contribution in [0.3, 0.4) is 0 Å². The van der Waals surface area contributed by atoms with Crippen LogP contribution >= 0.6 is 12.6 Å². The fourth-order valence-electron chi connectivity index (χ4n) is 0.0645. The molecule has 0 radical (unpaired) electrons. The monoisotopic (exact) mass is 105 g/mol. The fraction of sp³-hybridized carbons (Fsp3) is 0.667. The van der Waals surface area contributed by atoms with Gasteiger partial charge in [-0.05, 0) is 0 Å². The van der Waals surface area contributed by atoms with Crippen molar-refractivity contribution in [2.45, 2.75) is 0 Å². The molecular weight excluding hydrogens is 98.1 g/mol. The molecule has 0 aliphatic rings. The highest BCUT2D eigenvalue weighted by molar-refractivity contribution is 7.81. The van der Waals surface area contributed by atoms with Gasteiger partial charge in [0, 0.05) is 0 Å². The van der Waals surface area contributed by atoms with E-state index < -0.39 is 0 Å². The SMILES string of the molecule is COC(=N)CS. The molecule has 2 nitrogen and oxygen atoms in total.